The predicted molar refractivity (Wildman–Crippen MR) is 114 cm³/mol. The molecule has 2 aromatic rings. The monoisotopic (exact) mass is 398 g/mol. The second-order valence-electron chi connectivity index (χ2n) is 9.36. The molecular weight excluding hydrogens is 368 g/mol. The topological polar surface area (TPSA) is 62.5 Å². The summed E-state index contributed by atoms with van der Waals surface area (Å²) >= 11 is 0. The Bertz CT molecular complexity index is 1130. The van der Waals surface area contributed by atoms with Crippen LogP contribution in [-0.2, 0) is 28.0 Å². The smallest absolute Gasteiger partial charge is 0.317 e. The summed E-state index contributed by atoms with van der Waals surface area (Å²) in [4.78, 5) is 25.8. The number of allylic oxidation sites excluding steroid dienone is 1. The average Bonchev–Trinajstić information content (AvgIpc) is 2.98. The molecule has 4 rings (SSSR count). The first-order valence-corrected chi connectivity index (χ1v) is 10.3. The molecular formula is C23H30N2O4. The molecule has 2 aliphatic heterocycles. The zero-order valence-electron chi connectivity index (χ0n) is 18.2. The highest BCUT2D eigenvalue weighted by molar-refractivity contribution is 5.83. The standard InChI is InChI=1S/C23H30N2O4/c1-14-12-17-19-18(15(14)2)22(3,4)9-11-25(19)21(27)20(26)24(17)10-7-8-16-13-28-23(5,6)29-16/h7-8,12,16H,9-11,13H2,1-6H3. The van der Waals surface area contributed by atoms with Crippen molar-refractivity contribution in [1.82, 2.24) is 9.13 Å². The van der Waals surface area contributed by atoms with E-state index in [0.717, 1.165) is 23.0 Å². The number of rotatable bonds is 3. The maximum atomic E-state index is 12.9. The summed E-state index contributed by atoms with van der Waals surface area (Å²) in [5.41, 5.74) is 4.31. The van der Waals surface area contributed by atoms with Crippen molar-refractivity contribution in [3.8, 4) is 0 Å². The Labute approximate surface area is 170 Å². The van der Waals surface area contributed by atoms with Gasteiger partial charge in [0.05, 0.1) is 17.6 Å². The summed E-state index contributed by atoms with van der Waals surface area (Å²) in [5.74, 6) is -0.592. The van der Waals surface area contributed by atoms with Gasteiger partial charge in [-0.2, -0.15) is 0 Å². The lowest BCUT2D eigenvalue weighted by atomic mass is 9.75. The second kappa shape index (κ2) is 6.67. The van der Waals surface area contributed by atoms with Gasteiger partial charge in [0.15, 0.2) is 5.79 Å². The van der Waals surface area contributed by atoms with Crippen LogP contribution in [0.1, 0.15) is 50.8 Å². The Balaban J connectivity index is 1.85. The molecule has 0 spiro atoms. The molecule has 1 aromatic carbocycles. The van der Waals surface area contributed by atoms with Crippen LogP contribution in [0.25, 0.3) is 11.0 Å². The van der Waals surface area contributed by atoms with Crippen LogP contribution in [0.2, 0.25) is 0 Å². The first-order valence-electron chi connectivity index (χ1n) is 10.3. The van der Waals surface area contributed by atoms with E-state index in [1.807, 2.05) is 32.1 Å². The summed E-state index contributed by atoms with van der Waals surface area (Å²) in [6, 6.07) is 2.04. The molecule has 1 atom stereocenters. The van der Waals surface area contributed by atoms with E-state index in [9.17, 15) is 9.59 Å². The number of aromatic nitrogens is 2. The summed E-state index contributed by atoms with van der Waals surface area (Å²) in [6.45, 7) is 13.8. The third-order valence-corrected chi connectivity index (χ3v) is 6.34. The highest BCUT2D eigenvalue weighted by atomic mass is 16.7. The number of hydrogen-bond donors (Lipinski definition) is 0. The fraction of sp³-hybridized carbons (Fsp3) is 0.565. The lowest BCUT2D eigenvalue weighted by Gasteiger charge is -2.35. The number of aryl methyl sites for hydroxylation is 2. The van der Waals surface area contributed by atoms with Gasteiger partial charge in [-0.15, -0.1) is 0 Å². The van der Waals surface area contributed by atoms with E-state index in [-0.39, 0.29) is 11.5 Å². The van der Waals surface area contributed by atoms with E-state index in [2.05, 4.69) is 27.7 Å². The number of nitrogens with zero attached hydrogens (tertiary/aromatic N) is 2. The third kappa shape index (κ3) is 3.28. The predicted octanol–water partition coefficient (Wildman–Crippen LogP) is 3.17. The van der Waals surface area contributed by atoms with E-state index in [1.165, 1.54) is 11.1 Å². The average molecular weight is 399 g/mol. The van der Waals surface area contributed by atoms with Gasteiger partial charge in [-0.25, -0.2) is 0 Å². The van der Waals surface area contributed by atoms with Crippen molar-refractivity contribution in [3.63, 3.8) is 0 Å². The minimum absolute atomic E-state index is 0.0422. The van der Waals surface area contributed by atoms with E-state index in [0.29, 0.717) is 19.7 Å². The molecule has 1 fully saturated rings. The molecule has 2 aliphatic rings. The van der Waals surface area contributed by atoms with Crippen LogP contribution in [0.5, 0.6) is 0 Å². The number of benzene rings is 1. The van der Waals surface area contributed by atoms with Crippen molar-refractivity contribution in [2.24, 2.45) is 0 Å². The molecule has 1 unspecified atom stereocenters. The molecule has 0 aliphatic carbocycles. The van der Waals surface area contributed by atoms with Gasteiger partial charge in [0, 0.05) is 13.1 Å². The third-order valence-electron chi connectivity index (χ3n) is 6.34. The quantitative estimate of drug-likeness (QED) is 0.589. The SMILES string of the molecule is Cc1cc2c3c(c1C)C(C)(C)CCn3c(=O)c(=O)n2CC=CC1COC(C)(C)O1. The van der Waals surface area contributed by atoms with Gasteiger partial charge in [-0.3, -0.25) is 14.2 Å². The Morgan fingerprint density at radius 1 is 1.17 bits per heavy atom. The first kappa shape index (κ1) is 20.1. The van der Waals surface area contributed by atoms with Gasteiger partial charge in [0.25, 0.3) is 0 Å². The Morgan fingerprint density at radius 2 is 1.90 bits per heavy atom. The van der Waals surface area contributed by atoms with E-state index in [4.69, 9.17) is 9.47 Å². The highest BCUT2D eigenvalue weighted by Crippen LogP contribution is 2.39. The molecule has 1 aromatic heterocycles. The molecule has 0 amide bonds. The van der Waals surface area contributed by atoms with E-state index < -0.39 is 16.9 Å². The van der Waals surface area contributed by atoms with Crippen LogP contribution in [-0.4, -0.2) is 27.6 Å². The Kier molecular flexibility index (Phi) is 4.63. The minimum Gasteiger partial charge on any atom is -0.347 e. The van der Waals surface area contributed by atoms with Crippen molar-refractivity contribution < 1.29 is 9.47 Å². The van der Waals surface area contributed by atoms with Gasteiger partial charge < -0.3 is 14.0 Å². The van der Waals surface area contributed by atoms with Crippen LogP contribution >= 0.6 is 0 Å². The van der Waals surface area contributed by atoms with Gasteiger partial charge in [-0.05, 0) is 62.3 Å². The van der Waals surface area contributed by atoms with Crippen molar-refractivity contribution in [2.45, 2.75) is 78.4 Å². The summed E-state index contributed by atoms with van der Waals surface area (Å²) in [6.07, 6.45) is 4.50. The Hall–Kier alpha value is -2.18. The van der Waals surface area contributed by atoms with Crippen molar-refractivity contribution >= 4 is 11.0 Å². The molecule has 6 nitrogen and oxygen atoms in total. The van der Waals surface area contributed by atoms with Crippen LogP contribution in [0.15, 0.2) is 27.8 Å². The van der Waals surface area contributed by atoms with Crippen LogP contribution in [0.3, 0.4) is 0 Å². The zero-order valence-corrected chi connectivity index (χ0v) is 18.2. The maximum absolute atomic E-state index is 12.9. The van der Waals surface area contributed by atoms with Crippen LogP contribution < -0.4 is 11.1 Å². The molecule has 6 heteroatoms. The van der Waals surface area contributed by atoms with Gasteiger partial charge in [0.1, 0.15) is 6.10 Å². The summed E-state index contributed by atoms with van der Waals surface area (Å²) < 4.78 is 14.7. The van der Waals surface area contributed by atoms with E-state index >= 15 is 0 Å². The normalized spacial score (nSPS) is 22.6. The number of hydrogen-bond acceptors (Lipinski definition) is 4. The van der Waals surface area contributed by atoms with Crippen LogP contribution in [0, 0.1) is 13.8 Å². The number of ether oxygens (including phenoxy) is 2. The van der Waals surface area contributed by atoms with Crippen molar-refractivity contribution in [2.75, 3.05) is 6.61 Å². The second-order valence-corrected chi connectivity index (χ2v) is 9.36. The molecule has 0 bridgehead atoms. The first-order chi connectivity index (χ1) is 13.5. The van der Waals surface area contributed by atoms with Gasteiger partial charge in [0.2, 0.25) is 0 Å². The summed E-state index contributed by atoms with van der Waals surface area (Å²) in [5, 5.41) is 0. The van der Waals surface area contributed by atoms with Gasteiger partial charge in [-0.1, -0.05) is 26.0 Å². The molecule has 29 heavy (non-hydrogen) atoms. The fourth-order valence-corrected chi connectivity index (χ4v) is 4.67. The molecule has 1 saturated heterocycles. The molecule has 0 N–H and O–H groups in total. The largest absolute Gasteiger partial charge is 0.347 e. The molecule has 0 saturated carbocycles. The molecule has 156 valence electrons. The van der Waals surface area contributed by atoms with Crippen LogP contribution in [0.4, 0.5) is 0 Å². The molecule has 0 radical (unpaired) electrons. The minimum atomic E-state index is -0.592. The highest BCUT2D eigenvalue weighted by Gasteiger charge is 2.33. The van der Waals surface area contributed by atoms with E-state index in [1.54, 1.807) is 9.13 Å². The lowest BCUT2D eigenvalue weighted by molar-refractivity contribution is -0.133. The van der Waals surface area contributed by atoms with Crippen molar-refractivity contribution in [1.29, 1.82) is 0 Å². The fourth-order valence-electron chi connectivity index (χ4n) is 4.67. The Morgan fingerprint density at radius 3 is 2.55 bits per heavy atom. The lowest BCUT2D eigenvalue weighted by Crippen LogP contribution is -2.45. The van der Waals surface area contributed by atoms with Gasteiger partial charge >= 0.3 is 11.1 Å². The summed E-state index contributed by atoms with van der Waals surface area (Å²) in [7, 11) is 0. The molecule has 3 heterocycles. The maximum Gasteiger partial charge on any atom is 0.317 e. The zero-order chi connectivity index (χ0) is 21.1. The van der Waals surface area contributed by atoms with Crippen molar-refractivity contribution in [3.05, 3.63) is 55.6 Å².